The lowest BCUT2D eigenvalue weighted by Crippen LogP contribution is -2.42. The predicted octanol–water partition coefficient (Wildman–Crippen LogP) is 3.14. The highest BCUT2D eigenvalue weighted by molar-refractivity contribution is 9.10. The summed E-state index contributed by atoms with van der Waals surface area (Å²) < 4.78 is 13.4. The fraction of sp³-hybridized carbons (Fsp3) is 0.467. The molecule has 0 bridgehead atoms. The molecule has 0 unspecified atom stereocenters. The minimum Gasteiger partial charge on any atom is -0.481 e. The van der Waals surface area contributed by atoms with Gasteiger partial charge >= 0.3 is 5.97 Å². The molecule has 1 aromatic rings. The molecule has 2 N–H and O–H groups in total. The standard InChI is InChI=1S/C15H19BrFNO3/c1-3-15(4-2,14(20)21)9-18-13(19)8-10-5-6-12(17)11(16)7-10/h5-7H,3-4,8-9H2,1-2H3,(H,18,19)(H,20,21). The summed E-state index contributed by atoms with van der Waals surface area (Å²) in [5, 5.41) is 12.0. The molecule has 0 aliphatic rings. The molecule has 0 fully saturated rings. The van der Waals surface area contributed by atoms with Crippen molar-refractivity contribution in [3.63, 3.8) is 0 Å². The molecule has 0 atom stereocenters. The number of carbonyl (C=O) groups is 2. The third kappa shape index (κ3) is 4.52. The van der Waals surface area contributed by atoms with Gasteiger partial charge in [0.05, 0.1) is 16.3 Å². The van der Waals surface area contributed by atoms with E-state index >= 15 is 0 Å². The van der Waals surface area contributed by atoms with E-state index in [-0.39, 0.29) is 24.7 Å². The average molecular weight is 360 g/mol. The molecule has 0 saturated heterocycles. The molecule has 1 rings (SSSR count). The van der Waals surface area contributed by atoms with Gasteiger partial charge in [-0.15, -0.1) is 0 Å². The zero-order chi connectivity index (χ0) is 16.0. The molecule has 1 amide bonds. The number of hydrogen-bond donors (Lipinski definition) is 2. The van der Waals surface area contributed by atoms with E-state index in [9.17, 15) is 19.1 Å². The maximum atomic E-state index is 13.1. The van der Waals surface area contributed by atoms with Crippen LogP contribution in [-0.2, 0) is 16.0 Å². The molecule has 0 aromatic heterocycles. The van der Waals surface area contributed by atoms with E-state index in [1.54, 1.807) is 19.9 Å². The quantitative estimate of drug-likeness (QED) is 0.785. The summed E-state index contributed by atoms with van der Waals surface area (Å²) >= 11 is 3.06. The summed E-state index contributed by atoms with van der Waals surface area (Å²) in [5.41, 5.74) is -0.270. The van der Waals surface area contributed by atoms with Crippen LogP contribution in [0.25, 0.3) is 0 Å². The van der Waals surface area contributed by atoms with Gasteiger partial charge in [-0.2, -0.15) is 0 Å². The smallest absolute Gasteiger partial charge is 0.311 e. The van der Waals surface area contributed by atoms with Gasteiger partial charge in [-0.3, -0.25) is 9.59 Å². The summed E-state index contributed by atoms with van der Waals surface area (Å²) in [6, 6.07) is 4.36. The van der Waals surface area contributed by atoms with Crippen LogP contribution >= 0.6 is 15.9 Å². The Bertz CT molecular complexity index is 530. The summed E-state index contributed by atoms with van der Waals surface area (Å²) in [7, 11) is 0. The molecule has 116 valence electrons. The van der Waals surface area contributed by atoms with E-state index in [0.29, 0.717) is 22.9 Å². The number of halogens is 2. The lowest BCUT2D eigenvalue weighted by Gasteiger charge is -2.26. The molecule has 1 aromatic carbocycles. The number of rotatable bonds is 7. The summed E-state index contributed by atoms with van der Waals surface area (Å²) in [5.74, 6) is -1.57. The van der Waals surface area contributed by atoms with Gasteiger partial charge in [0.2, 0.25) is 5.91 Å². The molecular weight excluding hydrogens is 341 g/mol. The normalized spacial score (nSPS) is 11.2. The van der Waals surface area contributed by atoms with Crippen molar-refractivity contribution in [3.05, 3.63) is 34.1 Å². The number of carboxylic acid groups (broad SMARTS) is 1. The molecule has 0 spiro atoms. The molecule has 4 nitrogen and oxygen atoms in total. The Balaban J connectivity index is 2.65. The van der Waals surface area contributed by atoms with Crippen molar-refractivity contribution in [2.24, 2.45) is 5.41 Å². The van der Waals surface area contributed by atoms with Crippen LogP contribution in [0.15, 0.2) is 22.7 Å². The van der Waals surface area contributed by atoms with Crippen molar-refractivity contribution < 1.29 is 19.1 Å². The second-order valence-electron chi connectivity index (χ2n) is 4.99. The van der Waals surface area contributed by atoms with Crippen LogP contribution in [0.4, 0.5) is 4.39 Å². The van der Waals surface area contributed by atoms with E-state index in [2.05, 4.69) is 21.2 Å². The Hall–Kier alpha value is -1.43. The first-order valence-electron chi connectivity index (χ1n) is 6.78. The number of nitrogens with one attached hydrogen (secondary N) is 1. The first-order chi connectivity index (χ1) is 9.84. The van der Waals surface area contributed by atoms with Gasteiger partial charge in [0.25, 0.3) is 0 Å². The van der Waals surface area contributed by atoms with E-state index in [1.165, 1.54) is 12.1 Å². The second kappa shape index (κ2) is 7.54. The highest BCUT2D eigenvalue weighted by Crippen LogP contribution is 2.25. The molecule has 6 heteroatoms. The number of carboxylic acids is 1. The molecule has 21 heavy (non-hydrogen) atoms. The molecule has 0 saturated carbocycles. The third-order valence-electron chi connectivity index (χ3n) is 3.78. The lowest BCUT2D eigenvalue weighted by molar-refractivity contribution is -0.149. The zero-order valence-corrected chi connectivity index (χ0v) is 13.7. The lowest BCUT2D eigenvalue weighted by atomic mass is 9.82. The molecular formula is C15H19BrFNO3. The van der Waals surface area contributed by atoms with E-state index in [1.807, 2.05) is 0 Å². The van der Waals surface area contributed by atoms with Crippen LogP contribution in [0, 0.1) is 11.2 Å². The number of benzene rings is 1. The Morgan fingerprint density at radius 3 is 2.43 bits per heavy atom. The first-order valence-corrected chi connectivity index (χ1v) is 7.58. The van der Waals surface area contributed by atoms with Crippen molar-refractivity contribution in [1.29, 1.82) is 0 Å². The SMILES string of the molecule is CCC(CC)(CNC(=O)Cc1ccc(F)c(Br)c1)C(=O)O. The van der Waals surface area contributed by atoms with E-state index in [0.717, 1.165) is 0 Å². The maximum Gasteiger partial charge on any atom is 0.311 e. The first kappa shape index (κ1) is 17.6. The third-order valence-corrected chi connectivity index (χ3v) is 4.39. The van der Waals surface area contributed by atoms with Crippen molar-refractivity contribution in [1.82, 2.24) is 5.32 Å². The predicted molar refractivity (Wildman–Crippen MR) is 81.5 cm³/mol. The number of aliphatic carboxylic acids is 1. The number of amides is 1. The summed E-state index contributed by atoms with van der Waals surface area (Å²) in [6.45, 7) is 3.68. The largest absolute Gasteiger partial charge is 0.481 e. The van der Waals surface area contributed by atoms with Gasteiger partial charge in [0.1, 0.15) is 5.82 Å². The van der Waals surface area contributed by atoms with Crippen LogP contribution in [0.1, 0.15) is 32.3 Å². The highest BCUT2D eigenvalue weighted by Gasteiger charge is 2.35. The van der Waals surface area contributed by atoms with E-state index in [4.69, 9.17) is 0 Å². The van der Waals surface area contributed by atoms with Crippen LogP contribution < -0.4 is 5.32 Å². The summed E-state index contributed by atoms with van der Waals surface area (Å²) in [6.07, 6.45) is 0.977. The zero-order valence-electron chi connectivity index (χ0n) is 12.1. The van der Waals surface area contributed by atoms with Crippen LogP contribution in [-0.4, -0.2) is 23.5 Å². The van der Waals surface area contributed by atoms with Gasteiger partial charge in [-0.05, 0) is 46.5 Å². The molecule has 0 aliphatic carbocycles. The van der Waals surface area contributed by atoms with Gasteiger partial charge in [0, 0.05) is 6.54 Å². The number of carbonyl (C=O) groups excluding carboxylic acids is 1. The van der Waals surface area contributed by atoms with Crippen LogP contribution in [0.2, 0.25) is 0 Å². The molecule has 0 heterocycles. The van der Waals surface area contributed by atoms with Gasteiger partial charge < -0.3 is 10.4 Å². The van der Waals surface area contributed by atoms with Crippen LogP contribution in [0.3, 0.4) is 0 Å². The Morgan fingerprint density at radius 1 is 1.33 bits per heavy atom. The highest BCUT2D eigenvalue weighted by atomic mass is 79.9. The Labute approximate surface area is 131 Å². The fourth-order valence-electron chi connectivity index (χ4n) is 2.04. The van der Waals surface area contributed by atoms with Crippen molar-refractivity contribution in [2.45, 2.75) is 33.1 Å². The van der Waals surface area contributed by atoms with E-state index < -0.39 is 11.4 Å². The minimum atomic E-state index is -0.932. The average Bonchev–Trinajstić information content (AvgIpc) is 2.44. The maximum absolute atomic E-state index is 13.1. The van der Waals surface area contributed by atoms with Crippen molar-refractivity contribution in [3.8, 4) is 0 Å². The Morgan fingerprint density at radius 2 is 1.95 bits per heavy atom. The Kier molecular flexibility index (Phi) is 6.33. The molecule has 0 aliphatic heterocycles. The van der Waals surface area contributed by atoms with Gasteiger partial charge in [0.15, 0.2) is 0 Å². The van der Waals surface area contributed by atoms with Crippen molar-refractivity contribution >= 4 is 27.8 Å². The van der Waals surface area contributed by atoms with Crippen molar-refractivity contribution in [2.75, 3.05) is 6.54 Å². The fourth-order valence-corrected chi connectivity index (χ4v) is 2.47. The summed E-state index contributed by atoms with van der Waals surface area (Å²) in [4.78, 5) is 23.2. The number of hydrogen-bond acceptors (Lipinski definition) is 2. The topological polar surface area (TPSA) is 66.4 Å². The minimum absolute atomic E-state index is 0.0853. The van der Waals surface area contributed by atoms with Gasteiger partial charge in [-0.25, -0.2) is 4.39 Å². The monoisotopic (exact) mass is 359 g/mol. The molecule has 0 radical (unpaired) electrons. The second-order valence-corrected chi connectivity index (χ2v) is 5.85. The van der Waals surface area contributed by atoms with Gasteiger partial charge in [-0.1, -0.05) is 19.9 Å². The van der Waals surface area contributed by atoms with Crippen LogP contribution in [0.5, 0.6) is 0 Å².